The number of rotatable bonds is 1. The summed E-state index contributed by atoms with van der Waals surface area (Å²) in [6, 6.07) is 39.6. The fourth-order valence-corrected chi connectivity index (χ4v) is 5.86. The Morgan fingerprint density at radius 3 is 2.09 bits per heavy atom. The van der Waals surface area contributed by atoms with Crippen LogP contribution in [-0.2, 0) is 6.42 Å². The third-order valence-electron chi connectivity index (χ3n) is 7.48. The molecule has 0 atom stereocenters. The van der Waals surface area contributed by atoms with Crippen molar-refractivity contribution in [3.05, 3.63) is 120 Å². The van der Waals surface area contributed by atoms with E-state index in [-0.39, 0.29) is 0 Å². The first-order chi connectivity index (χ1) is 16.8. The van der Waals surface area contributed by atoms with Gasteiger partial charge in [0.2, 0.25) is 0 Å². The highest BCUT2D eigenvalue weighted by Crippen LogP contribution is 2.46. The van der Waals surface area contributed by atoms with Crippen LogP contribution in [0.2, 0.25) is 0 Å². The van der Waals surface area contributed by atoms with E-state index < -0.39 is 0 Å². The van der Waals surface area contributed by atoms with Crippen LogP contribution in [-0.4, -0.2) is 0 Å². The zero-order valence-electron chi connectivity index (χ0n) is 18.5. The predicted octanol–water partition coefficient (Wildman–Crippen LogP) is 9.13. The van der Waals surface area contributed by atoms with Crippen LogP contribution in [0.5, 0.6) is 0 Å². The molecule has 1 nitrogen and oxygen atoms in total. The molecule has 0 saturated heterocycles. The molecular weight excluding hydrogens is 412 g/mol. The minimum Gasteiger partial charge on any atom is -0.455 e. The van der Waals surface area contributed by atoms with Crippen LogP contribution >= 0.6 is 0 Å². The zero-order chi connectivity index (χ0) is 22.2. The van der Waals surface area contributed by atoms with Gasteiger partial charge >= 0.3 is 0 Å². The minimum atomic E-state index is 0.953. The van der Waals surface area contributed by atoms with Gasteiger partial charge in [-0.2, -0.15) is 0 Å². The molecule has 0 amide bonds. The Labute approximate surface area is 196 Å². The molecular formula is C33H20O. The number of hydrogen-bond acceptors (Lipinski definition) is 1. The lowest BCUT2D eigenvalue weighted by atomic mass is 9.94. The second-order valence-corrected chi connectivity index (χ2v) is 9.32. The van der Waals surface area contributed by atoms with Gasteiger partial charge in [-0.3, -0.25) is 0 Å². The third-order valence-corrected chi connectivity index (χ3v) is 7.48. The first kappa shape index (κ1) is 18.1. The fourth-order valence-electron chi connectivity index (χ4n) is 5.86. The molecule has 1 aliphatic rings. The summed E-state index contributed by atoms with van der Waals surface area (Å²) in [5.41, 5.74) is 9.80. The van der Waals surface area contributed by atoms with Crippen LogP contribution < -0.4 is 0 Å². The van der Waals surface area contributed by atoms with Gasteiger partial charge in [-0.15, -0.1) is 0 Å². The molecule has 1 aliphatic carbocycles. The molecule has 8 rings (SSSR count). The van der Waals surface area contributed by atoms with E-state index in [0.717, 1.165) is 17.6 Å². The SMILES string of the molecule is c1ccc2c(-c3ccc4c(c3)-c3c(ccc5c3oc3c6ccccc6ccc53)C4)cccc2c1. The van der Waals surface area contributed by atoms with Gasteiger partial charge in [0, 0.05) is 21.7 Å². The molecule has 1 heteroatoms. The molecule has 0 aliphatic heterocycles. The van der Waals surface area contributed by atoms with Crippen LogP contribution in [0.1, 0.15) is 11.1 Å². The van der Waals surface area contributed by atoms with E-state index in [1.165, 1.54) is 65.7 Å². The van der Waals surface area contributed by atoms with Crippen molar-refractivity contribution in [3.63, 3.8) is 0 Å². The van der Waals surface area contributed by atoms with Gasteiger partial charge in [0.15, 0.2) is 0 Å². The third kappa shape index (κ3) is 2.39. The Balaban J connectivity index is 1.41. The van der Waals surface area contributed by atoms with Gasteiger partial charge in [0.05, 0.1) is 0 Å². The smallest absolute Gasteiger partial charge is 0.143 e. The van der Waals surface area contributed by atoms with Crippen LogP contribution in [0.25, 0.3) is 65.7 Å². The normalized spacial score (nSPS) is 12.6. The van der Waals surface area contributed by atoms with Crippen molar-refractivity contribution in [1.29, 1.82) is 0 Å². The van der Waals surface area contributed by atoms with E-state index in [2.05, 4.69) is 109 Å². The second kappa shape index (κ2) is 6.59. The van der Waals surface area contributed by atoms with Crippen LogP contribution in [0, 0.1) is 0 Å². The molecule has 6 aromatic carbocycles. The Hall–Kier alpha value is -4.36. The summed E-state index contributed by atoms with van der Waals surface area (Å²) in [6.45, 7) is 0. The molecule has 0 spiro atoms. The zero-order valence-corrected chi connectivity index (χ0v) is 18.5. The summed E-state index contributed by atoms with van der Waals surface area (Å²) in [4.78, 5) is 0. The average Bonchev–Trinajstić information content (AvgIpc) is 3.46. The van der Waals surface area contributed by atoms with E-state index >= 15 is 0 Å². The van der Waals surface area contributed by atoms with Gasteiger partial charge in [-0.25, -0.2) is 0 Å². The van der Waals surface area contributed by atoms with Gasteiger partial charge in [0.1, 0.15) is 11.2 Å². The topological polar surface area (TPSA) is 13.1 Å². The van der Waals surface area contributed by atoms with Crippen molar-refractivity contribution < 1.29 is 4.42 Å². The molecule has 34 heavy (non-hydrogen) atoms. The van der Waals surface area contributed by atoms with E-state index in [4.69, 9.17) is 4.42 Å². The Morgan fingerprint density at radius 1 is 0.471 bits per heavy atom. The fraction of sp³-hybridized carbons (Fsp3) is 0.0303. The number of benzene rings is 6. The van der Waals surface area contributed by atoms with Crippen LogP contribution in [0.15, 0.2) is 114 Å². The summed E-state index contributed by atoms with van der Waals surface area (Å²) in [7, 11) is 0. The van der Waals surface area contributed by atoms with Crippen molar-refractivity contribution in [2.24, 2.45) is 0 Å². The van der Waals surface area contributed by atoms with Crippen LogP contribution in [0.4, 0.5) is 0 Å². The van der Waals surface area contributed by atoms with Crippen molar-refractivity contribution in [2.75, 3.05) is 0 Å². The van der Waals surface area contributed by atoms with E-state index in [1.807, 2.05) is 0 Å². The van der Waals surface area contributed by atoms with Gasteiger partial charge in [0.25, 0.3) is 0 Å². The summed E-state index contributed by atoms with van der Waals surface area (Å²) >= 11 is 0. The number of hydrogen-bond donors (Lipinski definition) is 0. The van der Waals surface area contributed by atoms with Crippen molar-refractivity contribution in [1.82, 2.24) is 0 Å². The van der Waals surface area contributed by atoms with Gasteiger partial charge < -0.3 is 4.42 Å². The maximum atomic E-state index is 6.68. The van der Waals surface area contributed by atoms with Crippen LogP contribution in [0.3, 0.4) is 0 Å². The molecule has 158 valence electrons. The lowest BCUT2D eigenvalue weighted by Gasteiger charge is -2.10. The Morgan fingerprint density at radius 2 is 1.18 bits per heavy atom. The highest BCUT2D eigenvalue weighted by molar-refractivity contribution is 6.18. The quantitative estimate of drug-likeness (QED) is 0.252. The summed E-state index contributed by atoms with van der Waals surface area (Å²) < 4.78 is 6.68. The molecule has 7 aromatic rings. The van der Waals surface area contributed by atoms with E-state index in [0.29, 0.717) is 0 Å². The molecule has 0 saturated carbocycles. The van der Waals surface area contributed by atoms with E-state index in [1.54, 1.807) is 0 Å². The summed E-state index contributed by atoms with van der Waals surface area (Å²) in [5, 5.41) is 7.33. The van der Waals surface area contributed by atoms with Crippen molar-refractivity contribution >= 4 is 43.5 Å². The maximum Gasteiger partial charge on any atom is 0.143 e. The molecule has 0 unspecified atom stereocenters. The highest BCUT2D eigenvalue weighted by atomic mass is 16.3. The first-order valence-electron chi connectivity index (χ1n) is 11.8. The molecule has 0 fully saturated rings. The second-order valence-electron chi connectivity index (χ2n) is 9.32. The lowest BCUT2D eigenvalue weighted by Crippen LogP contribution is -1.85. The molecule has 0 radical (unpaired) electrons. The molecule has 1 aromatic heterocycles. The Bertz CT molecular complexity index is 1930. The molecule has 1 heterocycles. The predicted molar refractivity (Wildman–Crippen MR) is 142 cm³/mol. The average molecular weight is 433 g/mol. The van der Waals surface area contributed by atoms with E-state index in [9.17, 15) is 0 Å². The van der Waals surface area contributed by atoms with Gasteiger partial charge in [-0.05, 0) is 62.5 Å². The van der Waals surface area contributed by atoms with Gasteiger partial charge in [-0.1, -0.05) is 97.1 Å². The summed E-state index contributed by atoms with van der Waals surface area (Å²) in [5.74, 6) is 0. The monoisotopic (exact) mass is 432 g/mol. The van der Waals surface area contributed by atoms with Crippen molar-refractivity contribution in [3.8, 4) is 22.3 Å². The number of fused-ring (bicyclic) bond motifs is 10. The standard InChI is InChI=1S/C33H20O/c1-3-9-25-20(6-1)8-5-11-26(25)23-13-12-22-18-24-15-17-29-28-16-14-21-7-2-4-10-27(21)32(28)34-33(29)31(24)30(22)19-23/h1-17,19H,18H2. The molecule has 0 bridgehead atoms. The largest absolute Gasteiger partial charge is 0.455 e. The van der Waals surface area contributed by atoms with Crippen molar-refractivity contribution in [2.45, 2.75) is 6.42 Å². The first-order valence-corrected chi connectivity index (χ1v) is 11.8. The summed E-state index contributed by atoms with van der Waals surface area (Å²) in [6.07, 6.45) is 0.953. The Kier molecular flexibility index (Phi) is 3.51. The minimum absolute atomic E-state index is 0.953. The lowest BCUT2D eigenvalue weighted by molar-refractivity contribution is 0.673. The number of furan rings is 1. The molecule has 0 N–H and O–H groups in total. The highest BCUT2D eigenvalue weighted by Gasteiger charge is 2.25. The maximum absolute atomic E-state index is 6.68.